The number of nitrogens with zero attached hydrogens (tertiary/aromatic N) is 4. The molecule has 3 aromatic heterocycles. The number of aryl methyl sites for hydroxylation is 1. The number of aromatic nitrogens is 4. The number of rotatable bonds is 23. The van der Waals surface area contributed by atoms with Crippen LogP contribution in [-0.4, -0.2) is 56.7 Å². The van der Waals surface area contributed by atoms with Gasteiger partial charge in [-0.25, -0.2) is 15.0 Å². The Morgan fingerprint density at radius 1 is 0.975 bits per heavy atom. The van der Waals surface area contributed by atoms with Crippen molar-refractivity contribution in [3.63, 3.8) is 0 Å². The van der Waals surface area contributed by atoms with Crippen LogP contribution in [0.15, 0.2) is 30.2 Å². The topological polar surface area (TPSA) is 135 Å². The third-order valence-electron chi connectivity index (χ3n) is 6.67. The molecule has 3 aromatic rings. The molecule has 0 saturated carbocycles. The van der Waals surface area contributed by atoms with E-state index in [2.05, 4.69) is 32.5 Å². The average molecular weight is 596 g/mol. The van der Waals surface area contributed by atoms with Crippen molar-refractivity contribution in [1.82, 2.24) is 19.5 Å². The lowest BCUT2D eigenvalue weighted by atomic mass is 10.1. The van der Waals surface area contributed by atoms with Gasteiger partial charge >= 0.3 is 7.60 Å². The number of unbranched alkanes of at least 4 members (excludes halogenated alkanes) is 9. The smallest absolute Gasteiger partial charge is 0.353 e. The van der Waals surface area contributed by atoms with Crippen molar-refractivity contribution in [2.75, 3.05) is 31.9 Å². The molecule has 10 nitrogen and oxygen atoms in total. The van der Waals surface area contributed by atoms with Gasteiger partial charge in [0.05, 0.1) is 25.6 Å². The standard InChI is InChI=1S/C28H46N5O5PS/c1-24(20-33-22-32-26-27(29)30-21-31-28(26)33)37-23-39(34,35)38-18-13-17-36-16-11-9-7-5-3-2-4-6-8-10-14-25-15-12-19-40-25/h12,15,19,21-22,24H,2-11,13-14,16-18,20,23H2,1H3,(H,34,35)(H2,29,30,31)/t24-/m1/s1. The van der Waals surface area contributed by atoms with E-state index in [1.165, 1.54) is 75.4 Å². The lowest BCUT2D eigenvalue weighted by Crippen LogP contribution is -2.17. The summed E-state index contributed by atoms with van der Waals surface area (Å²) in [6.45, 7) is 3.60. The molecule has 3 N–H and O–H groups in total. The summed E-state index contributed by atoms with van der Waals surface area (Å²) >= 11 is 1.87. The summed E-state index contributed by atoms with van der Waals surface area (Å²) in [7, 11) is -3.84. The Bertz CT molecular complexity index is 1130. The van der Waals surface area contributed by atoms with Crippen molar-refractivity contribution in [2.45, 2.75) is 96.6 Å². The Morgan fingerprint density at radius 3 is 2.40 bits per heavy atom. The molecule has 2 atom stereocenters. The number of nitrogen functional groups attached to an aromatic ring is 1. The molecule has 0 aromatic carbocycles. The maximum atomic E-state index is 12.3. The first-order valence-corrected chi connectivity index (χ1v) is 17.2. The van der Waals surface area contributed by atoms with Gasteiger partial charge in [0.15, 0.2) is 11.5 Å². The molecule has 0 spiro atoms. The highest BCUT2D eigenvalue weighted by Crippen LogP contribution is 2.42. The first-order chi connectivity index (χ1) is 19.4. The van der Waals surface area contributed by atoms with Crippen LogP contribution >= 0.6 is 18.9 Å². The normalized spacial score (nSPS) is 14.1. The van der Waals surface area contributed by atoms with Crippen molar-refractivity contribution in [2.24, 2.45) is 0 Å². The van der Waals surface area contributed by atoms with E-state index in [1.807, 2.05) is 11.3 Å². The molecule has 0 bridgehead atoms. The molecule has 0 saturated heterocycles. The van der Waals surface area contributed by atoms with Crippen LogP contribution in [-0.2, 0) is 31.5 Å². The monoisotopic (exact) mass is 595 g/mol. The van der Waals surface area contributed by atoms with Gasteiger partial charge in [0.1, 0.15) is 18.2 Å². The van der Waals surface area contributed by atoms with Crippen molar-refractivity contribution in [3.8, 4) is 0 Å². The lowest BCUT2D eigenvalue weighted by molar-refractivity contribution is 0.0688. The van der Waals surface area contributed by atoms with Crippen molar-refractivity contribution in [1.29, 1.82) is 0 Å². The molecular weight excluding hydrogens is 549 g/mol. The number of ether oxygens (including phenoxy) is 2. The third-order valence-corrected chi connectivity index (χ3v) is 8.67. The first-order valence-electron chi connectivity index (χ1n) is 14.5. The molecule has 0 amide bonds. The highest BCUT2D eigenvalue weighted by atomic mass is 32.1. The van der Waals surface area contributed by atoms with E-state index in [0.717, 1.165) is 13.0 Å². The number of imidazole rings is 1. The van der Waals surface area contributed by atoms with Gasteiger partial charge in [0.25, 0.3) is 0 Å². The number of thiophene rings is 1. The van der Waals surface area contributed by atoms with Crippen LogP contribution in [0.5, 0.6) is 0 Å². The fraction of sp³-hybridized carbons (Fsp3) is 0.679. The minimum Gasteiger partial charge on any atom is -0.382 e. The van der Waals surface area contributed by atoms with Crippen LogP contribution in [0.4, 0.5) is 5.82 Å². The quantitative estimate of drug-likeness (QED) is 0.0920. The summed E-state index contributed by atoms with van der Waals surface area (Å²) in [4.78, 5) is 23.9. The zero-order valence-corrected chi connectivity index (χ0v) is 25.5. The molecule has 3 heterocycles. The summed E-state index contributed by atoms with van der Waals surface area (Å²) in [5, 5.41) is 2.16. The Hall–Kier alpha value is -1.88. The van der Waals surface area contributed by atoms with Crippen molar-refractivity contribution < 1.29 is 23.5 Å². The van der Waals surface area contributed by atoms with Gasteiger partial charge < -0.3 is 29.2 Å². The number of anilines is 1. The average Bonchev–Trinajstić information content (AvgIpc) is 3.60. The molecular formula is C28H46N5O5PS. The van der Waals surface area contributed by atoms with Crippen LogP contribution in [0.3, 0.4) is 0 Å². The summed E-state index contributed by atoms with van der Waals surface area (Å²) in [5.41, 5.74) is 6.92. The lowest BCUT2D eigenvalue weighted by Gasteiger charge is -2.17. The van der Waals surface area contributed by atoms with Crippen molar-refractivity contribution in [3.05, 3.63) is 35.0 Å². The van der Waals surface area contributed by atoms with Crippen molar-refractivity contribution >= 4 is 35.9 Å². The Labute approximate surface area is 242 Å². The zero-order chi connectivity index (χ0) is 28.5. The predicted octanol–water partition coefficient (Wildman–Crippen LogP) is 6.59. The van der Waals surface area contributed by atoms with Crippen LogP contribution < -0.4 is 5.73 Å². The summed E-state index contributed by atoms with van der Waals surface area (Å²) < 4.78 is 30.4. The second-order valence-corrected chi connectivity index (χ2v) is 13.1. The molecule has 40 heavy (non-hydrogen) atoms. The second kappa shape index (κ2) is 18.5. The predicted molar refractivity (Wildman–Crippen MR) is 161 cm³/mol. The van der Waals surface area contributed by atoms with Crippen LogP contribution in [0.2, 0.25) is 0 Å². The number of hydrogen-bond acceptors (Lipinski definition) is 9. The number of hydrogen-bond donors (Lipinski definition) is 2. The molecule has 3 rings (SSSR count). The highest BCUT2D eigenvalue weighted by molar-refractivity contribution is 7.52. The van der Waals surface area contributed by atoms with E-state index in [9.17, 15) is 9.46 Å². The minimum atomic E-state index is -3.84. The molecule has 0 radical (unpaired) electrons. The van der Waals surface area contributed by atoms with Crippen LogP contribution in [0.25, 0.3) is 11.2 Å². The molecule has 224 valence electrons. The van der Waals surface area contributed by atoms with Gasteiger partial charge in [-0.2, -0.15) is 0 Å². The number of fused-ring (bicyclic) bond motifs is 1. The molecule has 0 aliphatic heterocycles. The fourth-order valence-corrected chi connectivity index (χ4v) is 6.15. The van der Waals surface area contributed by atoms with E-state index in [4.69, 9.17) is 19.7 Å². The van der Waals surface area contributed by atoms with Crippen LogP contribution in [0.1, 0.15) is 82.4 Å². The number of nitrogens with two attached hydrogens (primary N) is 1. The summed E-state index contributed by atoms with van der Waals surface area (Å²) in [6, 6.07) is 4.38. The summed E-state index contributed by atoms with van der Waals surface area (Å²) in [5.74, 6) is 0.308. The van der Waals surface area contributed by atoms with Crippen LogP contribution in [0, 0.1) is 0 Å². The maximum Gasteiger partial charge on any atom is 0.353 e. The SMILES string of the molecule is C[C@H](Cn1cnc2c(N)ncnc21)OCP(=O)(O)OCCCOCCCCCCCCCCCCc1cccs1. The van der Waals surface area contributed by atoms with Gasteiger partial charge in [0, 0.05) is 18.1 Å². The zero-order valence-electron chi connectivity index (χ0n) is 23.8. The molecule has 12 heteroatoms. The Morgan fingerprint density at radius 2 is 1.68 bits per heavy atom. The molecule has 0 fully saturated rings. The second-order valence-electron chi connectivity index (χ2n) is 10.2. The summed E-state index contributed by atoms with van der Waals surface area (Å²) in [6.07, 6.45) is 16.9. The Balaban J connectivity index is 1.09. The van der Waals surface area contributed by atoms with Gasteiger partial charge in [-0.3, -0.25) is 4.57 Å². The van der Waals surface area contributed by atoms with E-state index >= 15 is 0 Å². The molecule has 1 unspecified atom stereocenters. The molecule has 0 aliphatic rings. The Kier molecular flexibility index (Phi) is 15.1. The van der Waals surface area contributed by atoms with E-state index in [1.54, 1.807) is 17.8 Å². The van der Waals surface area contributed by atoms with E-state index in [-0.39, 0.29) is 19.1 Å². The maximum absolute atomic E-state index is 12.3. The molecule has 0 aliphatic carbocycles. The van der Waals surface area contributed by atoms with Gasteiger partial charge in [-0.15, -0.1) is 11.3 Å². The first kappa shape index (κ1) is 32.6. The largest absolute Gasteiger partial charge is 0.382 e. The van der Waals surface area contributed by atoms with E-state index < -0.39 is 7.60 Å². The van der Waals surface area contributed by atoms with Gasteiger partial charge in [0.2, 0.25) is 0 Å². The van der Waals surface area contributed by atoms with Gasteiger partial charge in [-0.05, 0) is 44.1 Å². The third kappa shape index (κ3) is 12.7. The minimum absolute atomic E-state index is 0.155. The van der Waals surface area contributed by atoms with Gasteiger partial charge in [-0.1, -0.05) is 57.4 Å². The highest BCUT2D eigenvalue weighted by Gasteiger charge is 2.21. The van der Waals surface area contributed by atoms with E-state index in [0.29, 0.717) is 36.6 Å². The fourth-order valence-electron chi connectivity index (χ4n) is 4.46.